The number of carbonyl (C=O) groups excluding carboxylic acids is 1. The summed E-state index contributed by atoms with van der Waals surface area (Å²) in [6, 6.07) is 7.13. The van der Waals surface area contributed by atoms with Crippen LogP contribution in [-0.4, -0.2) is 49.8 Å². The maximum Gasteiger partial charge on any atom is 0.242 e. The first-order valence-electron chi connectivity index (χ1n) is 7.02. The van der Waals surface area contributed by atoms with Crippen molar-refractivity contribution < 1.29 is 14.3 Å². The van der Waals surface area contributed by atoms with E-state index in [0.29, 0.717) is 44.2 Å². The van der Waals surface area contributed by atoms with Crippen molar-refractivity contribution in [2.24, 2.45) is 5.73 Å². The highest BCUT2D eigenvalue weighted by molar-refractivity contribution is 6.30. The molecule has 0 radical (unpaired) electrons. The smallest absolute Gasteiger partial charge is 0.242 e. The molecule has 5 nitrogen and oxygen atoms in total. The van der Waals surface area contributed by atoms with Gasteiger partial charge in [-0.15, -0.1) is 0 Å². The van der Waals surface area contributed by atoms with Crippen molar-refractivity contribution in [1.29, 1.82) is 0 Å². The highest BCUT2D eigenvalue weighted by Gasteiger charge is 2.37. The number of carbonyl (C=O) groups is 1. The van der Waals surface area contributed by atoms with Gasteiger partial charge in [-0.25, -0.2) is 0 Å². The highest BCUT2D eigenvalue weighted by atomic mass is 35.5. The average molecular weight is 313 g/mol. The predicted molar refractivity (Wildman–Crippen MR) is 81.6 cm³/mol. The summed E-state index contributed by atoms with van der Waals surface area (Å²) in [6.07, 6.45) is 1.13. The normalized spacial score (nSPS) is 17.3. The Morgan fingerprint density at radius 1 is 1.38 bits per heavy atom. The van der Waals surface area contributed by atoms with Gasteiger partial charge in [0, 0.05) is 25.3 Å². The van der Waals surface area contributed by atoms with E-state index in [4.69, 9.17) is 26.8 Å². The van der Waals surface area contributed by atoms with Crippen LogP contribution in [0.15, 0.2) is 24.3 Å². The first-order valence-corrected chi connectivity index (χ1v) is 7.40. The van der Waals surface area contributed by atoms with Crippen LogP contribution in [0.1, 0.15) is 12.8 Å². The molecule has 0 aromatic heterocycles. The van der Waals surface area contributed by atoms with Gasteiger partial charge >= 0.3 is 0 Å². The lowest BCUT2D eigenvalue weighted by atomic mass is 9.90. The van der Waals surface area contributed by atoms with Crippen LogP contribution in [0.3, 0.4) is 0 Å². The molecule has 1 aromatic rings. The van der Waals surface area contributed by atoms with Crippen LogP contribution in [0.4, 0.5) is 0 Å². The maximum absolute atomic E-state index is 12.4. The molecule has 1 amide bonds. The molecule has 0 saturated carbocycles. The summed E-state index contributed by atoms with van der Waals surface area (Å²) in [7, 11) is 1.75. The third-order valence-electron chi connectivity index (χ3n) is 3.67. The molecule has 1 fully saturated rings. The van der Waals surface area contributed by atoms with E-state index in [0.717, 1.165) is 5.75 Å². The molecule has 1 saturated heterocycles. The molecule has 6 heteroatoms. The van der Waals surface area contributed by atoms with E-state index in [1.54, 1.807) is 36.2 Å². The molecule has 0 atom stereocenters. The molecule has 21 heavy (non-hydrogen) atoms. The van der Waals surface area contributed by atoms with Crippen LogP contribution in [0.5, 0.6) is 5.75 Å². The molecular formula is C15H21ClN2O3. The van der Waals surface area contributed by atoms with Gasteiger partial charge < -0.3 is 20.1 Å². The van der Waals surface area contributed by atoms with E-state index in [9.17, 15) is 4.79 Å². The second-order valence-corrected chi connectivity index (χ2v) is 5.73. The van der Waals surface area contributed by atoms with E-state index >= 15 is 0 Å². The van der Waals surface area contributed by atoms with Gasteiger partial charge in [-0.3, -0.25) is 4.79 Å². The Balaban J connectivity index is 1.79. The number of hydrogen-bond acceptors (Lipinski definition) is 4. The summed E-state index contributed by atoms with van der Waals surface area (Å²) in [5.74, 6) is 0.680. The number of halogens is 1. The van der Waals surface area contributed by atoms with Crippen molar-refractivity contribution in [3.05, 3.63) is 29.3 Å². The minimum absolute atomic E-state index is 0.0505. The first kappa shape index (κ1) is 16.1. The zero-order valence-corrected chi connectivity index (χ0v) is 12.9. The number of nitrogens with two attached hydrogens (primary N) is 1. The van der Waals surface area contributed by atoms with E-state index < -0.39 is 5.54 Å². The van der Waals surface area contributed by atoms with Crippen molar-refractivity contribution >= 4 is 17.5 Å². The molecule has 1 aliphatic heterocycles. The molecule has 0 spiro atoms. The topological polar surface area (TPSA) is 64.8 Å². The lowest BCUT2D eigenvalue weighted by Crippen LogP contribution is -2.57. The fraction of sp³-hybridized carbons (Fsp3) is 0.533. The van der Waals surface area contributed by atoms with Gasteiger partial charge in [0.15, 0.2) is 0 Å². The third-order valence-corrected chi connectivity index (χ3v) is 3.92. The van der Waals surface area contributed by atoms with E-state index in [1.165, 1.54) is 0 Å². The molecular weight excluding hydrogens is 292 g/mol. The SMILES string of the molecule is CN(CCOc1ccc(Cl)cc1)C(=O)C1(N)CCOCC1. The van der Waals surface area contributed by atoms with Crippen molar-refractivity contribution in [2.45, 2.75) is 18.4 Å². The van der Waals surface area contributed by atoms with Gasteiger partial charge in [0.1, 0.15) is 12.4 Å². The predicted octanol–water partition coefficient (Wildman–Crippen LogP) is 1.69. The molecule has 1 heterocycles. The Morgan fingerprint density at radius 2 is 2.00 bits per heavy atom. The summed E-state index contributed by atoms with van der Waals surface area (Å²) in [5, 5.41) is 0.666. The summed E-state index contributed by atoms with van der Waals surface area (Å²) >= 11 is 5.81. The van der Waals surface area contributed by atoms with Gasteiger partial charge in [-0.2, -0.15) is 0 Å². The Morgan fingerprint density at radius 3 is 2.62 bits per heavy atom. The second kappa shape index (κ2) is 7.11. The van der Waals surface area contributed by atoms with Gasteiger partial charge in [0.25, 0.3) is 0 Å². The van der Waals surface area contributed by atoms with Gasteiger partial charge in [0.05, 0.1) is 12.1 Å². The van der Waals surface area contributed by atoms with Gasteiger partial charge in [-0.1, -0.05) is 11.6 Å². The molecule has 2 N–H and O–H groups in total. The maximum atomic E-state index is 12.4. The lowest BCUT2D eigenvalue weighted by Gasteiger charge is -2.35. The summed E-state index contributed by atoms with van der Waals surface area (Å²) < 4.78 is 10.8. The minimum Gasteiger partial charge on any atom is -0.492 e. The fourth-order valence-corrected chi connectivity index (χ4v) is 2.39. The van der Waals surface area contributed by atoms with Gasteiger partial charge in [0.2, 0.25) is 5.91 Å². The highest BCUT2D eigenvalue weighted by Crippen LogP contribution is 2.20. The second-order valence-electron chi connectivity index (χ2n) is 5.30. The quantitative estimate of drug-likeness (QED) is 0.898. The van der Waals surface area contributed by atoms with E-state index in [1.807, 2.05) is 0 Å². The van der Waals surface area contributed by atoms with Crippen molar-refractivity contribution in [2.75, 3.05) is 33.4 Å². The Hall–Kier alpha value is -1.30. The summed E-state index contributed by atoms with van der Waals surface area (Å²) in [5.41, 5.74) is 5.38. The average Bonchev–Trinajstić information content (AvgIpc) is 2.49. The van der Waals surface area contributed by atoms with Crippen molar-refractivity contribution in [3.8, 4) is 5.75 Å². The van der Waals surface area contributed by atoms with Gasteiger partial charge in [-0.05, 0) is 37.1 Å². The summed E-state index contributed by atoms with van der Waals surface area (Å²) in [6.45, 7) is 1.98. The van der Waals surface area contributed by atoms with E-state index in [2.05, 4.69) is 0 Å². The summed E-state index contributed by atoms with van der Waals surface area (Å²) in [4.78, 5) is 14.0. The Labute approximate surface area is 130 Å². The standard InChI is InChI=1S/C15H21ClN2O3/c1-18(14(19)15(17)6-9-20-10-7-15)8-11-21-13-4-2-12(16)3-5-13/h2-5H,6-11,17H2,1H3. The Kier molecular flexibility index (Phi) is 5.45. The van der Waals surface area contributed by atoms with Crippen LogP contribution in [-0.2, 0) is 9.53 Å². The Bertz CT molecular complexity index is 472. The minimum atomic E-state index is -0.798. The molecule has 0 bridgehead atoms. The largest absolute Gasteiger partial charge is 0.492 e. The molecule has 116 valence electrons. The van der Waals surface area contributed by atoms with Crippen LogP contribution in [0.2, 0.25) is 5.02 Å². The third kappa shape index (κ3) is 4.33. The fourth-order valence-electron chi connectivity index (χ4n) is 2.26. The molecule has 1 aromatic carbocycles. The number of benzene rings is 1. The van der Waals surface area contributed by atoms with Crippen molar-refractivity contribution in [1.82, 2.24) is 4.90 Å². The van der Waals surface area contributed by atoms with Crippen LogP contribution < -0.4 is 10.5 Å². The first-order chi connectivity index (χ1) is 10.0. The number of amides is 1. The molecule has 1 aliphatic rings. The number of ether oxygens (including phenoxy) is 2. The zero-order valence-electron chi connectivity index (χ0n) is 12.2. The van der Waals surface area contributed by atoms with Crippen LogP contribution in [0.25, 0.3) is 0 Å². The van der Waals surface area contributed by atoms with Crippen LogP contribution >= 0.6 is 11.6 Å². The monoisotopic (exact) mass is 312 g/mol. The molecule has 0 unspecified atom stereocenters. The molecule has 2 rings (SSSR count). The van der Waals surface area contributed by atoms with Crippen LogP contribution in [0, 0.1) is 0 Å². The van der Waals surface area contributed by atoms with Crippen molar-refractivity contribution in [3.63, 3.8) is 0 Å². The number of rotatable bonds is 5. The number of likely N-dealkylation sites (N-methyl/N-ethyl adjacent to an activating group) is 1. The number of hydrogen-bond donors (Lipinski definition) is 1. The lowest BCUT2D eigenvalue weighted by molar-refractivity contribution is -0.139. The zero-order chi connectivity index (χ0) is 15.3. The number of nitrogens with zero attached hydrogens (tertiary/aromatic N) is 1. The molecule has 0 aliphatic carbocycles. The van der Waals surface area contributed by atoms with E-state index in [-0.39, 0.29) is 5.91 Å².